The van der Waals surface area contributed by atoms with Crippen LogP contribution in [0.2, 0.25) is 0 Å². The highest BCUT2D eigenvalue weighted by molar-refractivity contribution is 4.34. The second-order valence-electron chi connectivity index (χ2n) is 5.70. The first-order chi connectivity index (χ1) is 12.2. The fourth-order valence-electron chi connectivity index (χ4n) is 1.42. The fourth-order valence-corrected chi connectivity index (χ4v) is 1.42. The van der Waals surface area contributed by atoms with Crippen LogP contribution in [0.5, 0.6) is 0 Å². The average Bonchev–Trinajstić information content (AvgIpc) is 2.63. The summed E-state index contributed by atoms with van der Waals surface area (Å²) in [5.41, 5.74) is 0. The summed E-state index contributed by atoms with van der Waals surface area (Å²) in [6.07, 6.45) is 9.82. The third-order valence-electron chi connectivity index (χ3n) is 3.04. The smallest absolute Gasteiger partial charge is 0.0698 e. The van der Waals surface area contributed by atoms with Gasteiger partial charge in [0.15, 0.2) is 0 Å². The van der Waals surface area contributed by atoms with Crippen LogP contribution >= 0.6 is 0 Å². The number of aliphatic hydroxyl groups is 2. The molecule has 5 nitrogen and oxygen atoms in total. The number of unbranched alkanes of at least 4 members (excludes halogenated alkanes) is 4. The molecule has 0 aromatic heterocycles. The van der Waals surface area contributed by atoms with Crippen molar-refractivity contribution < 1.29 is 24.4 Å². The van der Waals surface area contributed by atoms with Gasteiger partial charge in [-0.3, -0.25) is 0 Å². The van der Waals surface area contributed by atoms with Crippen molar-refractivity contribution in [3.63, 3.8) is 0 Å². The molecule has 0 heterocycles. The van der Waals surface area contributed by atoms with Gasteiger partial charge >= 0.3 is 0 Å². The van der Waals surface area contributed by atoms with Crippen molar-refractivity contribution in [2.45, 2.75) is 79.1 Å². The van der Waals surface area contributed by atoms with Crippen LogP contribution in [0.25, 0.3) is 0 Å². The molecular formula is C20H46O5. The maximum atomic E-state index is 8.09. The van der Waals surface area contributed by atoms with Gasteiger partial charge in [-0.25, -0.2) is 0 Å². The molecule has 2 N–H and O–H groups in total. The van der Waals surface area contributed by atoms with Gasteiger partial charge in [0.1, 0.15) is 0 Å². The quantitative estimate of drug-likeness (QED) is 0.401. The first-order valence-corrected chi connectivity index (χ1v) is 10.2. The van der Waals surface area contributed by atoms with E-state index in [4.69, 9.17) is 19.7 Å². The van der Waals surface area contributed by atoms with E-state index in [2.05, 4.69) is 32.4 Å². The van der Waals surface area contributed by atoms with E-state index >= 15 is 0 Å². The van der Waals surface area contributed by atoms with Gasteiger partial charge in [-0.2, -0.15) is 0 Å². The van der Waals surface area contributed by atoms with E-state index in [-0.39, 0.29) is 13.2 Å². The summed E-state index contributed by atoms with van der Waals surface area (Å²) < 4.78 is 15.3. The Hall–Kier alpha value is -0.200. The van der Waals surface area contributed by atoms with Gasteiger partial charge in [0, 0.05) is 26.4 Å². The molecule has 0 bridgehead atoms. The molecule has 0 atom stereocenters. The zero-order valence-corrected chi connectivity index (χ0v) is 17.4. The molecule has 5 heteroatoms. The minimum Gasteiger partial charge on any atom is -0.394 e. The third kappa shape index (κ3) is 45.3. The highest BCUT2D eigenvalue weighted by Gasteiger charge is 1.85. The number of hydrogen-bond donors (Lipinski definition) is 2. The van der Waals surface area contributed by atoms with Gasteiger partial charge in [-0.15, -0.1) is 0 Å². The number of aliphatic hydroxyl groups excluding tert-OH is 2. The summed E-state index contributed by atoms with van der Waals surface area (Å²) in [7, 11) is 0. The maximum absolute atomic E-state index is 8.09. The molecule has 0 saturated heterocycles. The van der Waals surface area contributed by atoms with Crippen LogP contribution in [0.4, 0.5) is 0 Å². The Bertz CT molecular complexity index is 149. The minimum atomic E-state index is 0.0278. The number of ether oxygens (including phenoxy) is 3. The van der Waals surface area contributed by atoms with Gasteiger partial charge in [0.2, 0.25) is 0 Å². The molecule has 0 spiro atoms. The van der Waals surface area contributed by atoms with E-state index in [1.165, 1.54) is 51.4 Å². The molecule has 0 aromatic rings. The first-order valence-electron chi connectivity index (χ1n) is 10.2. The van der Waals surface area contributed by atoms with Gasteiger partial charge < -0.3 is 24.4 Å². The molecule has 0 aliphatic rings. The van der Waals surface area contributed by atoms with Crippen LogP contribution < -0.4 is 0 Å². The predicted molar refractivity (Wildman–Crippen MR) is 106 cm³/mol. The summed E-state index contributed by atoms with van der Waals surface area (Å²) in [6.45, 7) is 13.2. The van der Waals surface area contributed by atoms with E-state index in [1.54, 1.807) is 0 Å². The van der Waals surface area contributed by atoms with Crippen molar-refractivity contribution in [1.82, 2.24) is 0 Å². The Kier molecular flexibility index (Phi) is 41.4. The van der Waals surface area contributed by atoms with Crippen LogP contribution in [-0.2, 0) is 14.2 Å². The highest BCUT2D eigenvalue weighted by Crippen LogP contribution is 1.92. The summed E-state index contributed by atoms with van der Waals surface area (Å²) in [6, 6.07) is 0. The molecule has 0 unspecified atom stereocenters. The van der Waals surface area contributed by atoms with E-state index in [1.807, 2.05) is 0 Å². The van der Waals surface area contributed by atoms with Gasteiger partial charge in [0.25, 0.3) is 0 Å². The normalized spacial score (nSPS) is 9.84. The highest BCUT2D eigenvalue weighted by atomic mass is 16.5. The molecular weight excluding hydrogens is 320 g/mol. The lowest BCUT2D eigenvalue weighted by Gasteiger charge is -1.99. The van der Waals surface area contributed by atoms with E-state index in [9.17, 15) is 0 Å². The van der Waals surface area contributed by atoms with Gasteiger partial charge in [0.05, 0.1) is 26.4 Å². The van der Waals surface area contributed by atoms with Crippen molar-refractivity contribution in [2.75, 3.05) is 52.9 Å². The second-order valence-corrected chi connectivity index (χ2v) is 5.70. The standard InChI is InChI=1S/2C8H18O.C4H10O3/c2*1-3-5-7-9-8-6-4-2;5-1-3-7-4-2-6/h2*3-8H2,1-2H3;5-6H,1-4H2. The summed E-state index contributed by atoms with van der Waals surface area (Å²) in [4.78, 5) is 0. The lowest BCUT2D eigenvalue weighted by atomic mass is 10.3. The largest absolute Gasteiger partial charge is 0.394 e. The Labute approximate surface area is 157 Å². The van der Waals surface area contributed by atoms with Crippen LogP contribution in [0.15, 0.2) is 0 Å². The lowest BCUT2D eigenvalue weighted by Crippen LogP contribution is -2.03. The van der Waals surface area contributed by atoms with E-state index < -0.39 is 0 Å². The molecule has 0 fully saturated rings. The number of hydrogen-bond acceptors (Lipinski definition) is 5. The topological polar surface area (TPSA) is 68.2 Å². The fraction of sp³-hybridized carbons (Fsp3) is 1.00. The lowest BCUT2D eigenvalue weighted by molar-refractivity contribution is 0.0650. The third-order valence-corrected chi connectivity index (χ3v) is 3.04. The summed E-state index contributed by atoms with van der Waals surface area (Å²) in [5, 5.41) is 16.2. The Morgan fingerprint density at radius 3 is 0.880 bits per heavy atom. The summed E-state index contributed by atoms with van der Waals surface area (Å²) >= 11 is 0. The predicted octanol–water partition coefficient (Wildman–Crippen LogP) is 4.19. The number of rotatable bonds is 16. The zero-order chi connectivity index (χ0) is 19.4. The molecule has 0 aliphatic heterocycles. The minimum absolute atomic E-state index is 0.0278. The van der Waals surface area contributed by atoms with Gasteiger partial charge in [-0.05, 0) is 25.7 Å². The van der Waals surface area contributed by atoms with Crippen LogP contribution in [0.3, 0.4) is 0 Å². The van der Waals surface area contributed by atoms with E-state index in [0.29, 0.717) is 13.2 Å². The van der Waals surface area contributed by atoms with Crippen LogP contribution in [0.1, 0.15) is 79.1 Å². The maximum Gasteiger partial charge on any atom is 0.0698 e. The zero-order valence-electron chi connectivity index (χ0n) is 17.4. The molecule has 0 radical (unpaired) electrons. The molecule has 0 aliphatic carbocycles. The Morgan fingerprint density at radius 2 is 0.680 bits per heavy atom. The Balaban J connectivity index is -0.000000293. The van der Waals surface area contributed by atoms with Crippen molar-refractivity contribution >= 4 is 0 Å². The Morgan fingerprint density at radius 1 is 0.440 bits per heavy atom. The van der Waals surface area contributed by atoms with Gasteiger partial charge in [-0.1, -0.05) is 53.4 Å². The molecule has 0 aromatic carbocycles. The first kappa shape index (κ1) is 29.6. The van der Waals surface area contributed by atoms with Crippen molar-refractivity contribution in [3.8, 4) is 0 Å². The SMILES string of the molecule is CCCCOCCCC.CCCCOCCCC.OCCOCCO. The van der Waals surface area contributed by atoms with E-state index in [0.717, 1.165) is 26.4 Å². The molecule has 25 heavy (non-hydrogen) atoms. The molecule has 0 rings (SSSR count). The van der Waals surface area contributed by atoms with Crippen molar-refractivity contribution in [3.05, 3.63) is 0 Å². The van der Waals surface area contributed by atoms with Crippen LogP contribution in [-0.4, -0.2) is 63.1 Å². The molecule has 156 valence electrons. The molecule has 0 saturated carbocycles. The summed E-state index contributed by atoms with van der Waals surface area (Å²) in [5.74, 6) is 0. The van der Waals surface area contributed by atoms with Crippen molar-refractivity contribution in [2.24, 2.45) is 0 Å². The van der Waals surface area contributed by atoms with Crippen molar-refractivity contribution in [1.29, 1.82) is 0 Å². The monoisotopic (exact) mass is 366 g/mol. The van der Waals surface area contributed by atoms with Crippen LogP contribution in [0, 0.1) is 0 Å². The average molecular weight is 367 g/mol. The second kappa shape index (κ2) is 35.0. The molecule has 0 amide bonds.